The van der Waals surface area contributed by atoms with Crippen LogP contribution in [0.1, 0.15) is 30.2 Å². The first kappa shape index (κ1) is 21.7. The normalized spacial score (nSPS) is 16.0. The van der Waals surface area contributed by atoms with Crippen molar-refractivity contribution in [3.8, 4) is 5.75 Å². The molecule has 0 saturated carbocycles. The molecule has 1 aromatic heterocycles. The lowest BCUT2D eigenvalue weighted by Gasteiger charge is -2.31. The van der Waals surface area contributed by atoms with Gasteiger partial charge >= 0.3 is 0 Å². The molecule has 3 rings (SSSR count). The van der Waals surface area contributed by atoms with Gasteiger partial charge in [-0.1, -0.05) is 18.2 Å². The first-order chi connectivity index (χ1) is 14.3. The maximum atomic E-state index is 5.24. The minimum atomic E-state index is 0.676. The predicted octanol–water partition coefficient (Wildman–Crippen LogP) is 3.77. The number of benzene rings is 1. The van der Waals surface area contributed by atoms with E-state index < -0.39 is 0 Å². The van der Waals surface area contributed by atoms with Gasteiger partial charge in [0.15, 0.2) is 5.96 Å². The first-order valence-corrected chi connectivity index (χ1v) is 11.5. The van der Waals surface area contributed by atoms with Crippen molar-refractivity contribution in [3.63, 3.8) is 0 Å². The highest BCUT2D eigenvalue weighted by Crippen LogP contribution is 2.20. The van der Waals surface area contributed by atoms with E-state index in [0.717, 1.165) is 57.4 Å². The Morgan fingerprint density at radius 2 is 1.97 bits per heavy atom. The Labute approximate surface area is 179 Å². The third kappa shape index (κ3) is 7.37. The number of likely N-dealkylation sites (tertiary alicyclic amines) is 1. The van der Waals surface area contributed by atoms with Gasteiger partial charge in [0.05, 0.1) is 7.11 Å². The Hall–Kier alpha value is -2.05. The molecule has 29 heavy (non-hydrogen) atoms. The molecule has 6 heteroatoms. The fourth-order valence-electron chi connectivity index (χ4n) is 3.64. The smallest absolute Gasteiger partial charge is 0.191 e. The molecule has 1 saturated heterocycles. The van der Waals surface area contributed by atoms with Crippen molar-refractivity contribution < 1.29 is 4.74 Å². The molecule has 5 nitrogen and oxygen atoms in total. The lowest BCUT2D eigenvalue weighted by molar-refractivity contribution is 0.180. The lowest BCUT2D eigenvalue weighted by Crippen LogP contribution is -2.39. The molecule has 158 valence electrons. The molecule has 1 fully saturated rings. The van der Waals surface area contributed by atoms with Gasteiger partial charge in [-0.05, 0) is 74.3 Å². The topological polar surface area (TPSA) is 48.9 Å². The Morgan fingerprint density at radius 1 is 1.17 bits per heavy atom. The zero-order chi connectivity index (χ0) is 20.3. The molecule has 0 amide bonds. The molecule has 2 N–H and O–H groups in total. The van der Waals surface area contributed by atoms with Crippen LogP contribution in [0.15, 0.2) is 46.8 Å². The highest BCUT2D eigenvalue weighted by Gasteiger charge is 2.19. The number of rotatable bonds is 9. The van der Waals surface area contributed by atoms with Gasteiger partial charge in [0, 0.05) is 31.1 Å². The van der Waals surface area contributed by atoms with E-state index in [4.69, 9.17) is 9.73 Å². The van der Waals surface area contributed by atoms with Gasteiger partial charge < -0.3 is 15.4 Å². The van der Waals surface area contributed by atoms with Crippen molar-refractivity contribution in [2.45, 2.75) is 32.7 Å². The fourth-order valence-corrected chi connectivity index (χ4v) is 4.35. The van der Waals surface area contributed by atoms with Crippen LogP contribution in [-0.4, -0.2) is 50.7 Å². The van der Waals surface area contributed by atoms with Gasteiger partial charge in [-0.25, -0.2) is 0 Å². The third-order valence-electron chi connectivity index (χ3n) is 5.37. The van der Waals surface area contributed by atoms with E-state index in [1.54, 1.807) is 7.11 Å². The molecule has 0 aliphatic carbocycles. The minimum Gasteiger partial charge on any atom is -0.497 e. The van der Waals surface area contributed by atoms with Crippen molar-refractivity contribution in [1.82, 2.24) is 15.5 Å². The van der Waals surface area contributed by atoms with E-state index in [1.807, 2.05) is 23.5 Å². The number of thiophene rings is 1. The van der Waals surface area contributed by atoms with Gasteiger partial charge in [-0.3, -0.25) is 9.89 Å². The zero-order valence-corrected chi connectivity index (χ0v) is 18.5. The molecule has 1 aromatic carbocycles. The molecule has 0 unspecified atom stereocenters. The van der Waals surface area contributed by atoms with Crippen molar-refractivity contribution in [3.05, 3.63) is 52.2 Å². The van der Waals surface area contributed by atoms with Crippen LogP contribution < -0.4 is 15.4 Å². The second kappa shape index (κ2) is 11.8. The number of hydrogen-bond acceptors (Lipinski definition) is 4. The van der Waals surface area contributed by atoms with Gasteiger partial charge in [0.25, 0.3) is 0 Å². The summed E-state index contributed by atoms with van der Waals surface area (Å²) in [5, 5.41) is 8.98. The van der Waals surface area contributed by atoms with Gasteiger partial charge in [-0.2, -0.15) is 0 Å². The van der Waals surface area contributed by atoms with E-state index in [0.29, 0.717) is 5.92 Å². The molecule has 1 aliphatic rings. The number of ether oxygens (including phenoxy) is 1. The van der Waals surface area contributed by atoms with Crippen LogP contribution in [0.4, 0.5) is 0 Å². The summed E-state index contributed by atoms with van der Waals surface area (Å²) in [6.07, 6.45) is 3.48. The molecular weight excluding hydrogens is 380 g/mol. The third-order valence-corrected chi connectivity index (χ3v) is 6.30. The summed E-state index contributed by atoms with van der Waals surface area (Å²) in [7, 11) is 1.71. The molecule has 2 aromatic rings. The fraction of sp³-hybridized carbons (Fsp3) is 0.522. The number of nitrogens with zero attached hydrogens (tertiary/aromatic N) is 2. The Kier molecular flexibility index (Phi) is 8.83. The number of nitrogens with one attached hydrogen (secondary N) is 2. The van der Waals surface area contributed by atoms with Crippen LogP contribution in [0.2, 0.25) is 0 Å². The molecular formula is C23H34N4OS. The summed E-state index contributed by atoms with van der Waals surface area (Å²) in [6, 6.07) is 12.7. The van der Waals surface area contributed by atoms with Crippen LogP contribution in [0.3, 0.4) is 0 Å². The van der Waals surface area contributed by atoms with Crippen LogP contribution in [0.5, 0.6) is 5.75 Å². The summed E-state index contributed by atoms with van der Waals surface area (Å²) in [5.41, 5.74) is 1.35. The van der Waals surface area contributed by atoms with Crippen molar-refractivity contribution in [1.29, 1.82) is 0 Å². The van der Waals surface area contributed by atoms with Crippen LogP contribution in [0.25, 0.3) is 0 Å². The highest BCUT2D eigenvalue weighted by molar-refractivity contribution is 7.09. The lowest BCUT2D eigenvalue weighted by atomic mass is 9.96. The van der Waals surface area contributed by atoms with Gasteiger partial charge in [0.2, 0.25) is 0 Å². The van der Waals surface area contributed by atoms with Crippen molar-refractivity contribution in [2.24, 2.45) is 10.9 Å². The van der Waals surface area contributed by atoms with Crippen molar-refractivity contribution in [2.75, 3.05) is 39.8 Å². The number of hydrogen-bond donors (Lipinski definition) is 2. The summed E-state index contributed by atoms with van der Waals surface area (Å²) in [6.45, 7) is 8.16. The standard InChI is InChI=1S/C23H34N4OS/c1-3-24-23(25-13-10-22-5-4-16-29-22)26-17-19-11-14-27(15-12-19)18-20-6-8-21(28-2)9-7-20/h4-9,16,19H,3,10-15,17-18H2,1-2H3,(H2,24,25,26). The van der Waals surface area contributed by atoms with Crippen molar-refractivity contribution >= 4 is 17.3 Å². The maximum absolute atomic E-state index is 5.24. The quantitative estimate of drug-likeness (QED) is 0.484. The highest BCUT2D eigenvalue weighted by atomic mass is 32.1. The monoisotopic (exact) mass is 414 g/mol. The van der Waals surface area contributed by atoms with E-state index in [9.17, 15) is 0 Å². The summed E-state index contributed by atoms with van der Waals surface area (Å²) in [4.78, 5) is 8.81. The summed E-state index contributed by atoms with van der Waals surface area (Å²) < 4.78 is 5.24. The average Bonchev–Trinajstić information content (AvgIpc) is 3.27. The largest absolute Gasteiger partial charge is 0.497 e. The van der Waals surface area contributed by atoms with Gasteiger partial charge in [-0.15, -0.1) is 11.3 Å². The van der Waals surface area contributed by atoms with E-state index >= 15 is 0 Å². The van der Waals surface area contributed by atoms with Gasteiger partial charge in [0.1, 0.15) is 5.75 Å². The number of guanidine groups is 1. The zero-order valence-electron chi connectivity index (χ0n) is 17.7. The summed E-state index contributed by atoms with van der Waals surface area (Å²) in [5.74, 6) is 2.55. The van der Waals surface area contributed by atoms with Crippen LogP contribution in [0, 0.1) is 5.92 Å². The first-order valence-electron chi connectivity index (χ1n) is 10.7. The molecule has 0 spiro atoms. The van der Waals surface area contributed by atoms with E-state index in [-0.39, 0.29) is 0 Å². The molecule has 0 bridgehead atoms. The summed E-state index contributed by atoms with van der Waals surface area (Å²) >= 11 is 1.82. The number of methoxy groups -OCH3 is 1. The van der Waals surface area contributed by atoms with Crippen LogP contribution in [-0.2, 0) is 13.0 Å². The van der Waals surface area contributed by atoms with Crippen LogP contribution >= 0.6 is 11.3 Å². The molecule has 2 heterocycles. The Bertz CT molecular complexity index is 722. The number of piperidine rings is 1. The van der Waals surface area contributed by atoms with E-state index in [2.05, 4.69) is 52.1 Å². The Morgan fingerprint density at radius 3 is 2.62 bits per heavy atom. The predicted molar refractivity (Wildman–Crippen MR) is 123 cm³/mol. The molecule has 0 radical (unpaired) electrons. The SMILES string of the molecule is CCNC(=NCC1CCN(Cc2ccc(OC)cc2)CC1)NCCc1cccs1. The minimum absolute atomic E-state index is 0.676. The molecule has 1 aliphatic heterocycles. The van der Waals surface area contributed by atoms with E-state index in [1.165, 1.54) is 23.3 Å². The number of aliphatic imine (C=N–C) groups is 1. The average molecular weight is 415 g/mol. The maximum Gasteiger partial charge on any atom is 0.191 e. The second-order valence-corrected chi connectivity index (χ2v) is 8.58. The molecule has 0 atom stereocenters. The second-order valence-electron chi connectivity index (χ2n) is 7.54. The Balaban J connectivity index is 1.39.